The van der Waals surface area contributed by atoms with Crippen LogP contribution in [0.15, 0.2) is 49.4 Å². The molecule has 0 saturated heterocycles. The summed E-state index contributed by atoms with van der Waals surface area (Å²) in [4.78, 5) is 25.6. The standard InChI is InChI=1S/C22H22N8O/c1-13(2)30-12-26-28-22(30)18-6-5-17(20(27-18)21(23)31)15-7-16(9-24-8-15)29-10-19(25-11-29)14-3-4-14/h5-14H,3-4H2,1-2H3,(H2,23,31). The number of carbonyl (C=O) groups is 1. The largest absolute Gasteiger partial charge is 0.364 e. The van der Waals surface area contributed by atoms with Crippen molar-refractivity contribution in [3.63, 3.8) is 0 Å². The summed E-state index contributed by atoms with van der Waals surface area (Å²) in [5, 5.41) is 8.14. The molecule has 4 aromatic rings. The quantitative estimate of drug-likeness (QED) is 0.518. The van der Waals surface area contributed by atoms with Gasteiger partial charge in [0.2, 0.25) is 0 Å². The maximum Gasteiger partial charge on any atom is 0.267 e. The zero-order chi connectivity index (χ0) is 21.5. The van der Waals surface area contributed by atoms with E-state index in [9.17, 15) is 4.79 Å². The number of pyridine rings is 2. The minimum atomic E-state index is -0.614. The molecule has 9 nitrogen and oxygen atoms in total. The van der Waals surface area contributed by atoms with E-state index in [1.165, 1.54) is 12.8 Å². The van der Waals surface area contributed by atoms with Crippen LogP contribution < -0.4 is 5.73 Å². The Bertz CT molecular complexity index is 1270. The minimum Gasteiger partial charge on any atom is -0.364 e. The predicted molar refractivity (Wildman–Crippen MR) is 114 cm³/mol. The maximum absolute atomic E-state index is 12.3. The Kier molecular flexibility index (Phi) is 4.58. The van der Waals surface area contributed by atoms with Gasteiger partial charge in [-0.25, -0.2) is 9.97 Å². The molecule has 1 aliphatic rings. The Morgan fingerprint density at radius 2 is 2.03 bits per heavy atom. The first-order valence-corrected chi connectivity index (χ1v) is 10.2. The van der Waals surface area contributed by atoms with Crippen LogP contribution in [-0.2, 0) is 0 Å². The van der Waals surface area contributed by atoms with Gasteiger partial charge in [0.25, 0.3) is 5.91 Å². The van der Waals surface area contributed by atoms with E-state index in [-0.39, 0.29) is 11.7 Å². The molecule has 156 valence electrons. The number of primary amides is 1. The third-order valence-electron chi connectivity index (χ3n) is 5.42. The molecule has 0 aromatic carbocycles. The first-order chi connectivity index (χ1) is 15.0. The molecule has 0 bridgehead atoms. The smallest absolute Gasteiger partial charge is 0.267 e. The molecule has 5 rings (SSSR count). The Labute approximate surface area is 179 Å². The lowest BCUT2D eigenvalue weighted by atomic mass is 10.0. The van der Waals surface area contributed by atoms with Crippen molar-refractivity contribution in [1.82, 2.24) is 34.3 Å². The van der Waals surface area contributed by atoms with Crippen LogP contribution in [0.5, 0.6) is 0 Å². The molecule has 1 amide bonds. The number of rotatable bonds is 6. The third-order valence-corrected chi connectivity index (χ3v) is 5.42. The van der Waals surface area contributed by atoms with Crippen LogP contribution in [-0.4, -0.2) is 40.2 Å². The van der Waals surface area contributed by atoms with Gasteiger partial charge in [-0.1, -0.05) is 0 Å². The van der Waals surface area contributed by atoms with Crippen molar-refractivity contribution >= 4 is 5.91 Å². The van der Waals surface area contributed by atoms with E-state index in [2.05, 4.69) is 25.1 Å². The minimum absolute atomic E-state index is 0.153. The van der Waals surface area contributed by atoms with Crippen LogP contribution in [0, 0.1) is 0 Å². The van der Waals surface area contributed by atoms with Gasteiger partial charge < -0.3 is 14.9 Å². The normalized spacial score (nSPS) is 13.6. The summed E-state index contributed by atoms with van der Waals surface area (Å²) in [5.41, 5.74) is 9.71. The SMILES string of the molecule is CC(C)n1cnnc1-c1ccc(-c2cncc(-n3cnc(C4CC4)c3)c2)c(C(N)=O)n1. The van der Waals surface area contributed by atoms with E-state index in [4.69, 9.17) is 5.73 Å². The Morgan fingerprint density at radius 3 is 2.77 bits per heavy atom. The Hall–Kier alpha value is -3.88. The van der Waals surface area contributed by atoms with Gasteiger partial charge in [0.1, 0.15) is 17.7 Å². The van der Waals surface area contributed by atoms with E-state index in [0.717, 1.165) is 16.9 Å². The van der Waals surface area contributed by atoms with Crippen molar-refractivity contribution in [1.29, 1.82) is 0 Å². The average Bonchev–Trinajstić information content (AvgIpc) is 3.29. The van der Waals surface area contributed by atoms with Gasteiger partial charge >= 0.3 is 0 Å². The van der Waals surface area contributed by atoms with Gasteiger partial charge in [-0.05, 0) is 44.9 Å². The zero-order valence-electron chi connectivity index (χ0n) is 17.3. The molecule has 31 heavy (non-hydrogen) atoms. The number of imidazole rings is 1. The fourth-order valence-electron chi connectivity index (χ4n) is 3.59. The number of aromatic nitrogens is 7. The van der Waals surface area contributed by atoms with Crippen molar-refractivity contribution in [3.05, 3.63) is 60.8 Å². The molecule has 9 heteroatoms. The Balaban J connectivity index is 1.55. The summed E-state index contributed by atoms with van der Waals surface area (Å²) in [6, 6.07) is 5.75. The summed E-state index contributed by atoms with van der Waals surface area (Å²) >= 11 is 0. The molecule has 0 radical (unpaired) electrons. The summed E-state index contributed by atoms with van der Waals surface area (Å²) in [7, 11) is 0. The zero-order valence-corrected chi connectivity index (χ0v) is 17.3. The molecule has 2 N–H and O–H groups in total. The van der Waals surface area contributed by atoms with E-state index in [1.807, 2.05) is 47.4 Å². The number of amides is 1. The van der Waals surface area contributed by atoms with E-state index < -0.39 is 5.91 Å². The molecule has 0 unspecified atom stereocenters. The van der Waals surface area contributed by atoms with Crippen molar-refractivity contribution in [2.45, 2.75) is 38.6 Å². The van der Waals surface area contributed by atoms with Gasteiger partial charge in [0, 0.05) is 35.5 Å². The molecule has 1 fully saturated rings. The van der Waals surface area contributed by atoms with Gasteiger partial charge in [0.05, 0.1) is 23.9 Å². The van der Waals surface area contributed by atoms with E-state index in [0.29, 0.717) is 23.0 Å². The second kappa shape index (κ2) is 7.42. The molecule has 0 aliphatic heterocycles. The molecule has 4 aromatic heterocycles. The van der Waals surface area contributed by atoms with Crippen LogP contribution in [0.3, 0.4) is 0 Å². The van der Waals surface area contributed by atoms with Crippen LogP contribution in [0.25, 0.3) is 28.3 Å². The fourth-order valence-corrected chi connectivity index (χ4v) is 3.59. The van der Waals surface area contributed by atoms with Crippen molar-refractivity contribution in [3.8, 4) is 28.3 Å². The number of hydrogen-bond donors (Lipinski definition) is 1. The summed E-state index contributed by atoms with van der Waals surface area (Å²) in [6.07, 6.45) is 11.3. The second-order valence-corrected chi connectivity index (χ2v) is 8.02. The van der Waals surface area contributed by atoms with Gasteiger partial charge in [-0.2, -0.15) is 0 Å². The molecular formula is C22H22N8O. The third kappa shape index (κ3) is 3.58. The van der Waals surface area contributed by atoms with Gasteiger partial charge in [-0.3, -0.25) is 9.78 Å². The monoisotopic (exact) mass is 414 g/mol. The summed E-state index contributed by atoms with van der Waals surface area (Å²) in [6.45, 7) is 4.05. The molecule has 1 aliphatic carbocycles. The van der Waals surface area contributed by atoms with Gasteiger partial charge in [-0.15, -0.1) is 10.2 Å². The molecule has 1 saturated carbocycles. The van der Waals surface area contributed by atoms with Crippen molar-refractivity contribution in [2.24, 2.45) is 5.73 Å². The fraction of sp³-hybridized carbons (Fsp3) is 0.273. The first-order valence-electron chi connectivity index (χ1n) is 10.2. The van der Waals surface area contributed by atoms with Crippen LogP contribution >= 0.6 is 0 Å². The number of carbonyl (C=O) groups excluding carboxylic acids is 1. The highest BCUT2D eigenvalue weighted by molar-refractivity contribution is 5.98. The van der Waals surface area contributed by atoms with Crippen molar-refractivity contribution < 1.29 is 4.79 Å². The molecule has 0 spiro atoms. The number of nitrogens with zero attached hydrogens (tertiary/aromatic N) is 7. The lowest BCUT2D eigenvalue weighted by Gasteiger charge is -2.12. The van der Waals surface area contributed by atoms with Crippen molar-refractivity contribution in [2.75, 3.05) is 0 Å². The highest BCUT2D eigenvalue weighted by Crippen LogP contribution is 2.39. The molecular weight excluding hydrogens is 392 g/mol. The predicted octanol–water partition coefficient (Wildman–Crippen LogP) is 3.15. The molecule has 4 heterocycles. The maximum atomic E-state index is 12.3. The lowest BCUT2D eigenvalue weighted by Crippen LogP contribution is -2.15. The highest BCUT2D eigenvalue weighted by Gasteiger charge is 2.26. The summed E-state index contributed by atoms with van der Waals surface area (Å²) < 4.78 is 3.84. The lowest BCUT2D eigenvalue weighted by molar-refractivity contribution is 0.0996. The second-order valence-electron chi connectivity index (χ2n) is 8.02. The van der Waals surface area contributed by atoms with Crippen LogP contribution in [0.2, 0.25) is 0 Å². The number of nitrogens with two attached hydrogens (primary N) is 1. The topological polar surface area (TPSA) is 117 Å². The average molecular weight is 414 g/mol. The van der Waals surface area contributed by atoms with Crippen LogP contribution in [0.4, 0.5) is 0 Å². The van der Waals surface area contributed by atoms with E-state index >= 15 is 0 Å². The highest BCUT2D eigenvalue weighted by atomic mass is 16.1. The first kappa shape index (κ1) is 19.1. The molecule has 0 atom stereocenters. The summed E-state index contributed by atoms with van der Waals surface area (Å²) in [5.74, 6) is 0.543. The Morgan fingerprint density at radius 1 is 1.19 bits per heavy atom. The van der Waals surface area contributed by atoms with E-state index in [1.54, 1.807) is 25.0 Å². The number of hydrogen-bond acceptors (Lipinski definition) is 6. The van der Waals surface area contributed by atoms with Gasteiger partial charge in [0.15, 0.2) is 5.82 Å². The van der Waals surface area contributed by atoms with Crippen LogP contribution in [0.1, 0.15) is 54.8 Å².